The molecule has 1 aliphatic heterocycles. The number of carbonyl (C=O) groups is 5. The summed E-state index contributed by atoms with van der Waals surface area (Å²) >= 11 is 0. The minimum absolute atomic E-state index is 0.0306. The standard InChI is InChI=1S/C20H24N2O7/c1-6-29-19(26)14(11(2)23)15(12-7-9-13(28-5)10-8-12)16-17(24)21(3)20(27)22(4)18(16)25/h7-10,14-16H,6H2,1-5H3. The highest BCUT2D eigenvalue weighted by molar-refractivity contribution is 6.17. The van der Waals surface area contributed by atoms with Crippen LogP contribution in [0.4, 0.5) is 4.79 Å². The maximum atomic E-state index is 12.9. The fourth-order valence-corrected chi connectivity index (χ4v) is 3.44. The predicted molar refractivity (Wildman–Crippen MR) is 101 cm³/mol. The molecule has 2 atom stereocenters. The normalized spacial score (nSPS) is 17.2. The molecule has 1 saturated heterocycles. The smallest absolute Gasteiger partial charge is 0.332 e. The van der Waals surface area contributed by atoms with Gasteiger partial charge >= 0.3 is 12.0 Å². The van der Waals surface area contributed by atoms with Crippen molar-refractivity contribution in [3.63, 3.8) is 0 Å². The second kappa shape index (κ2) is 8.85. The number of Topliss-reactive ketones (excluding diaryl/α,β-unsaturated/α-hetero) is 1. The quantitative estimate of drug-likeness (QED) is 0.496. The van der Waals surface area contributed by atoms with Gasteiger partial charge in [0.25, 0.3) is 0 Å². The molecule has 0 bridgehead atoms. The maximum Gasteiger partial charge on any atom is 0.332 e. The van der Waals surface area contributed by atoms with Gasteiger partial charge in [-0.25, -0.2) is 4.79 Å². The zero-order chi connectivity index (χ0) is 21.9. The van der Waals surface area contributed by atoms with Gasteiger partial charge < -0.3 is 9.47 Å². The van der Waals surface area contributed by atoms with Crippen LogP contribution < -0.4 is 4.74 Å². The first-order chi connectivity index (χ1) is 13.6. The topological polar surface area (TPSA) is 110 Å². The molecule has 156 valence electrons. The lowest BCUT2D eigenvalue weighted by molar-refractivity contribution is -0.155. The number of amides is 4. The molecule has 1 aromatic rings. The molecule has 0 saturated carbocycles. The molecule has 0 aliphatic carbocycles. The van der Waals surface area contributed by atoms with E-state index in [0.717, 1.165) is 9.80 Å². The lowest BCUT2D eigenvalue weighted by Crippen LogP contribution is -2.59. The molecule has 9 heteroatoms. The van der Waals surface area contributed by atoms with Crippen LogP contribution in [0.25, 0.3) is 0 Å². The number of carbonyl (C=O) groups excluding carboxylic acids is 5. The molecule has 9 nitrogen and oxygen atoms in total. The molecule has 2 unspecified atom stereocenters. The molecular formula is C20H24N2O7. The molecule has 29 heavy (non-hydrogen) atoms. The number of urea groups is 1. The van der Waals surface area contributed by atoms with E-state index in [9.17, 15) is 24.0 Å². The first kappa shape index (κ1) is 22.1. The maximum absolute atomic E-state index is 12.9. The molecule has 1 heterocycles. The summed E-state index contributed by atoms with van der Waals surface area (Å²) in [6, 6.07) is 5.58. The van der Waals surface area contributed by atoms with Crippen LogP contribution in [0.2, 0.25) is 0 Å². The number of nitrogens with zero attached hydrogens (tertiary/aromatic N) is 2. The van der Waals surface area contributed by atoms with Crippen LogP contribution in [-0.4, -0.2) is 67.2 Å². The van der Waals surface area contributed by atoms with Crippen molar-refractivity contribution in [2.24, 2.45) is 11.8 Å². The van der Waals surface area contributed by atoms with Crippen molar-refractivity contribution in [2.45, 2.75) is 19.8 Å². The van der Waals surface area contributed by atoms with Gasteiger partial charge in [-0.1, -0.05) is 12.1 Å². The van der Waals surface area contributed by atoms with Crippen molar-refractivity contribution in [1.29, 1.82) is 0 Å². The number of barbiturate groups is 1. The molecule has 0 radical (unpaired) electrons. The average Bonchev–Trinajstić information content (AvgIpc) is 2.70. The Kier molecular flexibility index (Phi) is 6.73. The molecule has 2 rings (SSSR count). The zero-order valence-corrected chi connectivity index (χ0v) is 17.0. The van der Waals surface area contributed by atoms with Gasteiger partial charge in [-0.2, -0.15) is 0 Å². The minimum Gasteiger partial charge on any atom is -0.497 e. The minimum atomic E-state index is -1.44. The molecule has 0 aromatic heterocycles. The molecule has 1 aromatic carbocycles. The summed E-state index contributed by atoms with van der Waals surface area (Å²) in [7, 11) is 3.98. The largest absolute Gasteiger partial charge is 0.497 e. The first-order valence-electron chi connectivity index (χ1n) is 9.05. The van der Waals surface area contributed by atoms with Crippen molar-refractivity contribution >= 4 is 29.6 Å². The monoisotopic (exact) mass is 404 g/mol. The first-order valence-corrected chi connectivity index (χ1v) is 9.05. The third-order valence-electron chi connectivity index (χ3n) is 4.96. The van der Waals surface area contributed by atoms with Crippen molar-refractivity contribution in [3.8, 4) is 5.75 Å². The zero-order valence-electron chi connectivity index (χ0n) is 17.0. The Balaban J connectivity index is 2.66. The van der Waals surface area contributed by atoms with E-state index in [1.54, 1.807) is 31.2 Å². The predicted octanol–water partition coefficient (Wildman–Crippen LogP) is 1.21. The molecule has 0 spiro atoms. The summed E-state index contributed by atoms with van der Waals surface area (Å²) in [5.41, 5.74) is 0.405. The number of rotatable bonds is 7. The SMILES string of the molecule is CCOC(=O)C(C(C)=O)C(c1ccc(OC)cc1)C1C(=O)N(C)C(=O)N(C)C1=O. The molecule has 1 aliphatic rings. The van der Waals surface area contributed by atoms with Gasteiger partial charge in [0.2, 0.25) is 11.8 Å². The second-order valence-electron chi connectivity index (χ2n) is 6.69. The summed E-state index contributed by atoms with van der Waals surface area (Å²) in [4.78, 5) is 64.6. The lowest BCUT2D eigenvalue weighted by Gasteiger charge is -2.38. The summed E-state index contributed by atoms with van der Waals surface area (Å²) in [5, 5.41) is 0. The summed E-state index contributed by atoms with van der Waals surface area (Å²) < 4.78 is 10.2. The number of ether oxygens (including phenoxy) is 2. The van der Waals surface area contributed by atoms with Gasteiger partial charge in [0.15, 0.2) is 0 Å². The van der Waals surface area contributed by atoms with Crippen LogP contribution in [0.3, 0.4) is 0 Å². The number of imide groups is 2. The Morgan fingerprint density at radius 1 is 1.03 bits per heavy atom. The van der Waals surface area contributed by atoms with Crippen LogP contribution in [0.15, 0.2) is 24.3 Å². The Labute approximate surface area is 168 Å². The molecular weight excluding hydrogens is 380 g/mol. The van der Waals surface area contributed by atoms with Crippen LogP contribution >= 0.6 is 0 Å². The summed E-state index contributed by atoms with van der Waals surface area (Å²) in [5.74, 6) is -6.39. The Morgan fingerprint density at radius 2 is 1.55 bits per heavy atom. The van der Waals surface area contributed by atoms with Gasteiger partial charge in [0.05, 0.1) is 13.7 Å². The fourth-order valence-electron chi connectivity index (χ4n) is 3.44. The molecule has 1 fully saturated rings. The number of benzene rings is 1. The van der Waals surface area contributed by atoms with E-state index in [2.05, 4.69) is 0 Å². The Bertz CT molecular complexity index is 810. The molecule has 0 N–H and O–H groups in total. The van der Waals surface area contributed by atoms with E-state index in [-0.39, 0.29) is 6.61 Å². The van der Waals surface area contributed by atoms with Crippen LogP contribution in [0, 0.1) is 11.8 Å². The van der Waals surface area contributed by atoms with E-state index in [4.69, 9.17) is 9.47 Å². The van der Waals surface area contributed by atoms with Crippen LogP contribution in [-0.2, 0) is 23.9 Å². The van der Waals surface area contributed by atoms with E-state index in [0.29, 0.717) is 11.3 Å². The highest BCUT2D eigenvalue weighted by Crippen LogP contribution is 2.38. The Hall–Kier alpha value is -3.23. The van der Waals surface area contributed by atoms with Crippen LogP contribution in [0.1, 0.15) is 25.3 Å². The van der Waals surface area contributed by atoms with Gasteiger partial charge in [0.1, 0.15) is 23.4 Å². The highest BCUT2D eigenvalue weighted by atomic mass is 16.5. The van der Waals surface area contributed by atoms with E-state index in [1.807, 2.05) is 0 Å². The van der Waals surface area contributed by atoms with E-state index < -0.39 is 47.4 Å². The number of hydrogen-bond acceptors (Lipinski definition) is 7. The number of methoxy groups -OCH3 is 1. The van der Waals surface area contributed by atoms with Crippen molar-refractivity contribution in [1.82, 2.24) is 9.80 Å². The highest BCUT2D eigenvalue weighted by Gasteiger charge is 2.52. The van der Waals surface area contributed by atoms with Crippen molar-refractivity contribution in [3.05, 3.63) is 29.8 Å². The number of ketones is 1. The fraction of sp³-hybridized carbons (Fsp3) is 0.450. The Morgan fingerprint density at radius 3 is 1.97 bits per heavy atom. The van der Waals surface area contributed by atoms with Crippen molar-refractivity contribution < 1.29 is 33.4 Å². The second-order valence-corrected chi connectivity index (χ2v) is 6.69. The van der Waals surface area contributed by atoms with E-state index in [1.165, 1.54) is 28.1 Å². The average molecular weight is 404 g/mol. The third-order valence-corrected chi connectivity index (χ3v) is 4.96. The number of hydrogen-bond donors (Lipinski definition) is 0. The van der Waals surface area contributed by atoms with Gasteiger partial charge in [-0.15, -0.1) is 0 Å². The van der Waals surface area contributed by atoms with Gasteiger partial charge in [-0.05, 0) is 31.5 Å². The van der Waals surface area contributed by atoms with Gasteiger partial charge in [-0.3, -0.25) is 29.0 Å². The number of esters is 1. The summed E-state index contributed by atoms with van der Waals surface area (Å²) in [6.45, 7) is 2.83. The van der Waals surface area contributed by atoms with Gasteiger partial charge in [0, 0.05) is 20.0 Å². The molecule has 4 amide bonds. The lowest BCUT2D eigenvalue weighted by atomic mass is 9.73. The van der Waals surface area contributed by atoms with Crippen LogP contribution in [0.5, 0.6) is 5.75 Å². The summed E-state index contributed by atoms with van der Waals surface area (Å²) in [6.07, 6.45) is 0. The van der Waals surface area contributed by atoms with Crippen molar-refractivity contribution in [2.75, 3.05) is 27.8 Å². The van der Waals surface area contributed by atoms with E-state index >= 15 is 0 Å². The third kappa shape index (κ3) is 4.13.